The molecule has 2 aromatic heterocycles. The minimum absolute atomic E-state index is 0.0433. The van der Waals surface area contributed by atoms with E-state index in [2.05, 4.69) is 9.97 Å². The molecular formula is C23H15N3O5. The molecule has 1 atom stereocenters. The van der Waals surface area contributed by atoms with Crippen LogP contribution in [0.4, 0.5) is 5.95 Å². The molecule has 5 rings (SSSR count). The summed E-state index contributed by atoms with van der Waals surface area (Å²) in [6.45, 7) is 0. The lowest BCUT2D eigenvalue weighted by molar-refractivity contribution is 0.0600. The monoisotopic (exact) mass is 413 g/mol. The number of para-hydroxylation sites is 1. The molecule has 3 heterocycles. The van der Waals surface area contributed by atoms with Crippen molar-refractivity contribution in [1.82, 2.24) is 9.97 Å². The standard InChI is InChI=1S/C23H15N3O5/c1-30-22(29)14-9-7-13(8-10-14)18-17-19(27)15-5-2-3-6-16(15)31-20(17)21(28)26(18)23-24-11-4-12-25-23/h2-12,18H,1H3. The Morgan fingerprint density at radius 1 is 1.00 bits per heavy atom. The molecule has 0 saturated carbocycles. The van der Waals surface area contributed by atoms with Gasteiger partial charge in [0.2, 0.25) is 11.7 Å². The van der Waals surface area contributed by atoms with Crippen molar-refractivity contribution in [3.8, 4) is 0 Å². The van der Waals surface area contributed by atoms with Crippen LogP contribution in [0.3, 0.4) is 0 Å². The number of aromatic nitrogens is 2. The van der Waals surface area contributed by atoms with Crippen LogP contribution in [-0.4, -0.2) is 29.0 Å². The maximum absolute atomic E-state index is 13.4. The molecule has 0 spiro atoms. The number of anilines is 1. The normalized spacial score (nSPS) is 15.2. The summed E-state index contributed by atoms with van der Waals surface area (Å²) in [6, 6.07) is 14.1. The van der Waals surface area contributed by atoms with Crippen molar-refractivity contribution in [2.75, 3.05) is 12.0 Å². The Kier molecular flexibility index (Phi) is 4.32. The van der Waals surface area contributed by atoms with Gasteiger partial charge in [-0.25, -0.2) is 14.8 Å². The van der Waals surface area contributed by atoms with Gasteiger partial charge in [0.25, 0.3) is 5.91 Å². The molecule has 0 aliphatic carbocycles. The second-order valence-corrected chi connectivity index (χ2v) is 6.91. The van der Waals surface area contributed by atoms with Crippen LogP contribution in [0.15, 0.2) is 76.2 Å². The van der Waals surface area contributed by atoms with Gasteiger partial charge >= 0.3 is 5.97 Å². The van der Waals surface area contributed by atoms with Gasteiger partial charge in [-0.05, 0) is 35.9 Å². The second kappa shape index (κ2) is 7.17. The number of carbonyl (C=O) groups excluding carboxylic acids is 2. The average molecular weight is 413 g/mol. The number of rotatable bonds is 3. The van der Waals surface area contributed by atoms with Crippen molar-refractivity contribution in [2.24, 2.45) is 0 Å². The van der Waals surface area contributed by atoms with Gasteiger partial charge in [-0.15, -0.1) is 0 Å². The van der Waals surface area contributed by atoms with Gasteiger partial charge in [-0.1, -0.05) is 24.3 Å². The molecule has 1 unspecified atom stereocenters. The number of hydrogen-bond acceptors (Lipinski definition) is 7. The number of amides is 1. The number of carbonyl (C=O) groups is 2. The van der Waals surface area contributed by atoms with Crippen molar-refractivity contribution in [1.29, 1.82) is 0 Å². The maximum Gasteiger partial charge on any atom is 0.337 e. The lowest BCUT2D eigenvalue weighted by atomic mass is 9.97. The Hall–Kier alpha value is -4.33. The Labute approximate surface area is 175 Å². The third-order valence-corrected chi connectivity index (χ3v) is 5.19. The highest BCUT2D eigenvalue weighted by molar-refractivity contribution is 6.09. The van der Waals surface area contributed by atoms with Crippen LogP contribution in [0.5, 0.6) is 0 Å². The van der Waals surface area contributed by atoms with Crippen LogP contribution >= 0.6 is 0 Å². The van der Waals surface area contributed by atoms with Crippen molar-refractivity contribution in [3.05, 3.63) is 99.7 Å². The molecule has 0 saturated heterocycles. The van der Waals surface area contributed by atoms with Crippen LogP contribution in [0.25, 0.3) is 11.0 Å². The van der Waals surface area contributed by atoms with E-state index in [9.17, 15) is 14.4 Å². The van der Waals surface area contributed by atoms with Crippen LogP contribution in [0.1, 0.15) is 38.1 Å². The largest absolute Gasteiger partial charge is 0.465 e. The molecule has 31 heavy (non-hydrogen) atoms. The number of methoxy groups -OCH3 is 1. The molecule has 1 amide bonds. The fourth-order valence-electron chi connectivity index (χ4n) is 3.78. The van der Waals surface area contributed by atoms with Crippen molar-refractivity contribution >= 4 is 28.8 Å². The molecule has 4 aromatic rings. The van der Waals surface area contributed by atoms with Gasteiger partial charge in [-0.3, -0.25) is 14.5 Å². The maximum atomic E-state index is 13.4. The summed E-state index contributed by atoms with van der Waals surface area (Å²) in [5.74, 6) is -0.892. The molecule has 0 N–H and O–H groups in total. The molecule has 8 nitrogen and oxygen atoms in total. The van der Waals surface area contributed by atoms with Crippen molar-refractivity contribution in [2.45, 2.75) is 6.04 Å². The van der Waals surface area contributed by atoms with Gasteiger partial charge in [0, 0.05) is 12.4 Å². The van der Waals surface area contributed by atoms with Gasteiger partial charge in [0.1, 0.15) is 5.58 Å². The lowest BCUT2D eigenvalue weighted by Gasteiger charge is -2.23. The van der Waals surface area contributed by atoms with E-state index in [0.29, 0.717) is 22.1 Å². The van der Waals surface area contributed by atoms with Gasteiger partial charge < -0.3 is 9.15 Å². The third-order valence-electron chi connectivity index (χ3n) is 5.19. The summed E-state index contributed by atoms with van der Waals surface area (Å²) in [5, 5.41) is 0.376. The van der Waals surface area contributed by atoms with Gasteiger partial charge in [0.15, 0.2) is 5.43 Å². The third kappa shape index (κ3) is 2.88. The lowest BCUT2D eigenvalue weighted by Crippen LogP contribution is -2.31. The predicted molar refractivity (Wildman–Crippen MR) is 111 cm³/mol. The molecule has 0 fully saturated rings. The number of hydrogen-bond donors (Lipinski definition) is 0. The van der Waals surface area contributed by atoms with Crippen molar-refractivity contribution in [3.63, 3.8) is 0 Å². The summed E-state index contributed by atoms with van der Waals surface area (Å²) >= 11 is 0. The molecule has 1 aliphatic heterocycles. The number of benzene rings is 2. The number of nitrogens with zero attached hydrogens (tertiary/aromatic N) is 3. The van der Waals surface area contributed by atoms with Gasteiger partial charge in [-0.2, -0.15) is 0 Å². The second-order valence-electron chi connectivity index (χ2n) is 6.91. The van der Waals surface area contributed by atoms with E-state index in [1.54, 1.807) is 54.6 Å². The summed E-state index contributed by atoms with van der Waals surface area (Å²) < 4.78 is 10.6. The minimum atomic E-state index is -0.808. The summed E-state index contributed by atoms with van der Waals surface area (Å²) in [5.41, 5.74) is 1.20. The summed E-state index contributed by atoms with van der Waals surface area (Å²) in [4.78, 5) is 48.3. The fourth-order valence-corrected chi connectivity index (χ4v) is 3.78. The highest BCUT2D eigenvalue weighted by Gasteiger charge is 2.44. The molecule has 8 heteroatoms. The van der Waals surface area contributed by atoms with E-state index in [-0.39, 0.29) is 22.7 Å². The first-order valence-corrected chi connectivity index (χ1v) is 9.44. The first-order chi connectivity index (χ1) is 15.1. The average Bonchev–Trinajstić information content (AvgIpc) is 3.12. The predicted octanol–water partition coefficient (Wildman–Crippen LogP) is 3.12. The van der Waals surface area contributed by atoms with E-state index in [1.165, 1.54) is 24.4 Å². The molecular weight excluding hydrogens is 398 g/mol. The molecule has 0 radical (unpaired) electrons. The zero-order valence-electron chi connectivity index (χ0n) is 16.3. The SMILES string of the molecule is COC(=O)c1ccc(C2c3c(oc4ccccc4c3=O)C(=O)N2c2ncccn2)cc1. The van der Waals surface area contributed by atoms with Gasteiger partial charge in [0.05, 0.1) is 29.7 Å². The van der Waals surface area contributed by atoms with E-state index in [1.807, 2.05) is 0 Å². The number of fused-ring (bicyclic) bond motifs is 2. The van der Waals surface area contributed by atoms with Crippen LogP contribution in [-0.2, 0) is 4.74 Å². The first-order valence-electron chi connectivity index (χ1n) is 9.44. The van der Waals surface area contributed by atoms with Crippen LogP contribution < -0.4 is 10.3 Å². The molecule has 0 bridgehead atoms. The zero-order chi connectivity index (χ0) is 21.5. The highest BCUT2D eigenvalue weighted by Crippen LogP contribution is 2.39. The first kappa shape index (κ1) is 18.7. The Balaban J connectivity index is 1.75. The molecule has 152 valence electrons. The number of ether oxygens (including phenoxy) is 1. The van der Waals surface area contributed by atoms with Crippen molar-refractivity contribution < 1.29 is 18.7 Å². The van der Waals surface area contributed by atoms with E-state index < -0.39 is 17.9 Å². The quantitative estimate of drug-likeness (QED) is 0.476. The van der Waals surface area contributed by atoms with Crippen LogP contribution in [0.2, 0.25) is 0 Å². The summed E-state index contributed by atoms with van der Waals surface area (Å²) in [7, 11) is 1.30. The topological polar surface area (TPSA) is 103 Å². The fraction of sp³-hybridized carbons (Fsp3) is 0.0870. The Bertz CT molecular complexity index is 1380. The van der Waals surface area contributed by atoms with E-state index >= 15 is 0 Å². The highest BCUT2D eigenvalue weighted by atomic mass is 16.5. The summed E-state index contributed by atoms with van der Waals surface area (Å²) in [6.07, 6.45) is 3.03. The molecule has 2 aromatic carbocycles. The van der Waals surface area contributed by atoms with E-state index in [0.717, 1.165) is 0 Å². The Morgan fingerprint density at radius 2 is 1.71 bits per heavy atom. The molecule has 1 aliphatic rings. The Morgan fingerprint density at radius 3 is 2.42 bits per heavy atom. The number of esters is 1. The minimum Gasteiger partial charge on any atom is -0.465 e. The smallest absolute Gasteiger partial charge is 0.337 e. The zero-order valence-corrected chi connectivity index (χ0v) is 16.3. The van der Waals surface area contributed by atoms with E-state index in [4.69, 9.17) is 9.15 Å². The van der Waals surface area contributed by atoms with Crippen LogP contribution in [0, 0.1) is 0 Å².